The van der Waals surface area contributed by atoms with E-state index in [0.29, 0.717) is 0 Å². The fourth-order valence-electron chi connectivity index (χ4n) is 0.816. The van der Waals surface area contributed by atoms with E-state index < -0.39 is 0 Å². The molecule has 0 fully saturated rings. The highest BCUT2D eigenvalue weighted by Crippen LogP contribution is 2.15. The number of nitrogens with one attached hydrogen (secondary N) is 1. The van der Waals surface area contributed by atoms with E-state index in [1.807, 2.05) is 6.20 Å². The second-order valence-electron chi connectivity index (χ2n) is 2.41. The number of hydrogen-bond donors (Lipinski definition) is 1. The van der Waals surface area contributed by atoms with Gasteiger partial charge in [0.1, 0.15) is 5.03 Å². The zero-order chi connectivity index (χ0) is 7.94. The second-order valence-corrected chi connectivity index (χ2v) is 3.52. The molecule has 2 nitrogen and oxygen atoms in total. The van der Waals surface area contributed by atoms with Crippen molar-refractivity contribution in [1.29, 1.82) is 0 Å². The van der Waals surface area contributed by atoms with Gasteiger partial charge in [0, 0.05) is 6.20 Å². The number of aromatic amines is 1. The van der Waals surface area contributed by atoms with E-state index >= 15 is 0 Å². The largest absolute Gasteiger partial charge is 0.341 e. The lowest BCUT2D eigenvalue weighted by Gasteiger charge is -1.94. The molecule has 0 aliphatic rings. The van der Waals surface area contributed by atoms with E-state index in [0.717, 1.165) is 5.03 Å². The third kappa shape index (κ3) is 3.46. The minimum Gasteiger partial charge on any atom is -0.341 e. The summed E-state index contributed by atoms with van der Waals surface area (Å²) in [5, 5.41) is 1.06. The van der Waals surface area contributed by atoms with Gasteiger partial charge in [-0.25, -0.2) is 4.98 Å². The summed E-state index contributed by atoms with van der Waals surface area (Å²) in [4.78, 5) is 6.81. The minimum atomic E-state index is 1.06. The fourth-order valence-corrected chi connectivity index (χ4v) is 1.63. The van der Waals surface area contributed by atoms with Crippen molar-refractivity contribution in [2.45, 2.75) is 31.2 Å². The van der Waals surface area contributed by atoms with E-state index in [2.05, 4.69) is 23.2 Å². The van der Waals surface area contributed by atoms with Crippen molar-refractivity contribution in [3.05, 3.63) is 12.5 Å². The summed E-state index contributed by atoms with van der Waals surface area (Å²) < 4.78 is 0. The van der Waals surface area contributed by atoms with Gasteiger partial charge in [-0.05, 0) is 12.2 Å². The summed E-state index contributed by atoms with van der Waals surface area (Å²) in [5.41, 5.74) is 0. The topological polar surface area (TPSA) is 28.7 Å². The number of thioether (sulfide) groups is 1. The molecule has 0 aromatic carbocycles. The van der Waals surface area contributed by atoms with Gasteiger partial charge in [0.05, 0.1) is 0 Å². The molecule has 0 saturated carbocycles. The molecular weight excluding hydrogens is 156 g/mol. The van der Waals surface area contributed by atoms with Crippen molar-refractivity contribution in [1.82, 2.24) is 9.97 Å². The average Bonchev–Trinajstić information content (AvgIpc) is 2.50. The van der Waals surface area contributed by atoms with Gasteiger partial charge in [-0.2, -0.15) is 0 Å². The quantitative estimate of drug-likeness (QED) is 0.542. The number of H-pyrrole nitrogens is 1. The Balaban J connectivity index is 2.04. The van der Waals surface area contributed by atoms with Crippen LogP contribution in [0.25, 0.3) is 0 Å². The first kappa shape index (κ1) is 8.65. The zero-order valence-electron chi connectivity index (χ0n) is 6.76. The van der Waals surface area contributed by atoms with Crippen molar-refractivity contribution in [3.8, 4) is 0 Å². The lowest BCUT2D eigenvalue weighted by atomic mass is 10.3. The summed E-state index contributed by atoms with van der Waals surface area (Å²) in [6, 6.07) is 0. The molecule has 1 aromatic heterocycles. The van der Waals surface area contributed by atoms with Gasteiger partial charge in [0.2, 0.25) is 0 Å². The fraction of sp³-hybridized carbons (Fsp3) is 0.625. The summed E-state index contributed by atoms with van der Waals surface area (Å²) >= 11 is 1.79. The Labute approximate surface area is 71.8 Å². The van der Waals surface area contributed by atoms with Gasteiger partial charge in [-0.15, -0.1) is 11.8 Å². The zero-order valence-corrected chi connectivity index (χ0v) is 7.58. The predicted octanol–water partition coefficient (Wildman–Crippen LogP) is 2.49. The van der Waals surface area contributed by atoms with Crippen molar-refractivity contribution >= 4 is 11.8 Å². The summed E-state index contributed by atoms with van der Waals surface area (Å²) in [7, 11) is 0. The molecule has 1 radical (unpaired) electrons. The first-order chi connectivity index (χ1) is 5.43. The SMILES string of the molecule is CCCCCSc1c[nH][c]n1. The molecule has 0 atom stereocenters. The standard InChI is InChI=1S/C8H13N2S/c1-2-3-4-5-11-8-6-9-7-10-8/h6H,2-5H2,1H3,(H,9,10). The van der Waals surface area contributed by atoms with Gasteiger partial charge in [0.25, 0.3) is 0 Å². The van der Waals surface area contributed by atoms with Crippen LogP contribution in [-0.2, 0) is 0 Å². The number of rotatable bonds is 5. The van der Waals surface area contributed by atoms with Crippen molar-refractivity contribution < 1.29 is 0 Å². The number of imidazole rings is 1. The van der Waals surface area contributed by atoms with Crippen LogP contribution in [0.3, 0.4) is 0 Å². The number of aromatic nitrogens is 2. The van der Waals surface area contributed by atoms with Crippen molar-refractivity contribution in [2.75, 3.05) is 5.75 Å². The number of nitrogens with zero attached hydrogens (tertiary/aromatic N) is 1. The highest BCUT2D eigenvalue weighted by atomic mass is 32.2. The Kier molecular flexibility index (Phi) is 4.12. The van der Waals surface area contributed by atoms with Crippen LogP contribution in [0.5, 0.6) is 0 Å². The third-order valence-corrected chi connectivity index (χ3v) is 2.42. The lowest BCUT2D eigenvalue weighted by molar-refractivity contribution is 0.778. The molecule has 0 aliphatic heterocycles. The highest BCUT2D eigenvalue weighted by molar-refractivity contribution is 7.99. The Hall–Kier alpha value is -0.440. The molecule has 1 aromatic rings. The number of unbranched alkanes of at least 4 members (excludes halogenated alkanes) is 2. The second kappa shape index (κ2) is 5.24. The Morgan fingerprint density at radius 2 is 2.55 bits per heavy atom. The summed E-state index contributed by atoms with van der Waals surface area (Å²) in [5.74, 6) is 1.17. The lowest BCUT2D eigenvalue weighted by Crippen LogP contribution is -1.79. The molecule has 1 heterocycles. The maximum absolute atomic E-state index is 4.00. The molecule has 1 rings (SSSR count). The Bertz CT molecular complexity index is 172. The maximum Gasteiger partial charge on any atom is 0.174 e. The van der Waals surface area contributed by atoms with Crippen LogP contribution in [0.2, 0.25) is 0 Å². The molecule has 0 spiro atoms. The molecule has 3 heteroatoms. The van der Waals surface area contributed by atoms with Crippen LogP contribution in [0, 0.1) is 6.33 Å². The van der Waals surface area contributed by atoms with Crippen LogP contribution in [-0.4, -0.2) is 15.7 Å². The average molecular weight is 169 g/mol. The van der Waals surface area contributed by atoms with Crippen molar-refractivity contribution in [3.63, 3.8) is 0 Å². The minimum absolute atomic E-state index is 1.06. The Morgan fingerprint density at radius 3 is 3.18 bits per heavy atom. The molecule has 0 bridgehead atoms. The molecular formula is C8H13N2S. The van der Waals surface area contributed by atoms with E-state index in [1.54, 1.807) is 11.8 Å². The summed E-state index contributed by atoms with van der Waals surface area (Å²) in [6.07, 6.45) is 8.45. The highest BCUT2D eigenvalue weighted by Gasteiger charge is 1.93. The smallest absolute Gasteiger partial charge is 0.174 e. The summed E-state index contributed by atoms with van der Waals surface area (Å²) in [6.45, 7) is 2.22. The van der Waals surface area contributed by atoms with Crippen LogP contribution in [0.4, 0.5) is 0 Å². The van der Waals surface area contributed by atoms with Gasteiger partial charge >= 0.3 is 0 Å². The van der Waals surface area contributed by atoms with E-state index in [-0.39, 0.29) is 0 Å². The van der Waals surface area contributed by atoms with E-state index in [4.69, 9.17) is 0 Å². The normalized spacial score (nSPS) is 10.3. The maximum atomic E-state index is 4.00. The van der Waals surface area contributed by atoms with Crippen LogP contribution >= 0.6 is 11.8 Å². The molecule has 0 unspecified atom stereocenters. The van der Waals surface area contributed by atoms with Crippen molar-refractivity contribution in [2.24, 2.45) is 0 Å². The molecule has 0 saturated heterocycles. The number of hydrogen-bond acceptors (Lipinski definition) is 2. The van der Waals surface area contributed by atoms with E-state index in [1.165, 1.54) is 25.0 Å². The first-order valence-electron chi connectivity index (χ1n) is 3.97. The first-order valence-corrected chi connectivity index (χ1v) is 4.96. The van der Waals surface area contributed by atoms with Crippen LogP contribution in [0.15, 0.2) is 11.2 Å². The predicted molar refractivity (Wildman–Crippen MR) is 47.7 cm³/mol. The van der Waals surface area contributed by atoms with E-state index in [9.17, 15) is 0 Å². The van der Waals surface area contributed by atoms with Gasteiger partial charge in [-0.1, -0.05) is 19.8 Å². The van der Waals surface area contributed by atoms with Gasteiger partial charge in [-0.3, -0.25) is 0 Å². The Morgan fingerprint density at radius 1 is 1.64 bits per heavy atom. The molecule has 11 heavy (non-hydrogen) atoms. The van der Waals surface area contributed by atoms with Gasteiger partial charge in [0.15, 0.2) is 6.33 Å². The molecule has 1 N–H and O–H groups in total. The van der Waals surface area contributed by atoms with Gasteiger partial charge < -0.3 is 4.98 Å². The molecule has 0 aliphatic carbocycles. The van der Waals surface area contributed by atoms with Crippen LogP contribution in [0.1, 0.15) is 26.2 Å². The monoisotopic (exact) mass is 169 g/mol. The van der Waals surface area contributed by atoms with Crippen LogP contribution < -0.4 is 0 Å². The molecule has 0 amide bonds. The molecule has 61 valence electrons. The third-order valence-electron chi connectivity index (χ3n) is 1.42.